The Kier molecular flexibility index (Phi) is 19.1. The number of carbonyl (C=O) groups excluding carboxylic acids is 1. The zero-order valence-electron chi connectivity index (χ0n) is 17.3. The summed E-state index contributed by atoms with van der Waals surface area (Å²) in [4.78, 5) is 11.4. The van der Waals surface area contributed by atoms with Gasteiger partial charge >= 0.3 is 5.97 Å². The normalized spacial score (nSPS) is 14.6. The van der Waals surface area contributed by atoms with Gasteiger partial charge in [0.05, 0.1) is 18.8 Å². The van der Waals surface area contributed by atoms with Crippen LogP contribution in [0.25, 0.3) is 0 Å². The number of hydrogen-bond acceptors (Lipinski definition) is 7. The van der Waals surface area contributed by atoms with Crippen LogP contribution in [-0.4, -0.2) is 69.6 Å². The molecular formula is C21H42O7. The number of rotatable bonds is 20. The summed E-state index contributed by atoms with van der Waals surface area (Å²) in [7, 11) is 0. The maximum Gasteiger partial charge on any atom is 0.305 e. The largest absolute Gasteiger partial charge is 0.463 e. The van der Waals surface area contributed by atoms with Gasteiger partial charge in [0, 0.05) is 13.0 Å². The molecule has 7 nitrogen and oxygen atoms in total. The molecule has 0 fully saturated rings. The molecule has 5 N–H and O–H groups in total. The molecule has 0 aliphatic carbocycles. The highest BCUT2D eigenvalue weighted by Crippen LogP contribution is 2.15. The highest BCUT2D eigenvalue weighted by atomic mass is 16.5. The van der Waals surface area contributed by atoms with E-state index in [9.17, 15) is 15.0 Å². The first-order valence-electron chi connectivity index (χ1n) is 10.9. The molecule has 0 aromatic carbocycles. The van der Waals surface area contributed by atoms with E-state index in [0.717, 1.165) is 70.6 Å². The summed E-state index contributed by atoms with van der Waals surface area (Å²) < 4.78 is 4.83. The molecule has 7 heteroatoms. The van der Waals surface area contributed by atoms with E-state index in [1.54, 1.807) is 0 Å². The van der Waals surface area contributed by atoms with E-state index in [1.807, 2.05) is 0 Å². The summed E-state index contributed by atoms with van der Waals surface area (Å²) in [6.07, 6.45) is 9.69. The van der Waals surface area contributed by atoms with Gasteiger partial charge in [-0.1, -0.05) is 57.8 Å². The number of hydrogen-bond donors (Lipinski definition) is 5. The van der Waals surface area contributed by atoms with Crippen LogP contribution in [0.15, 0.2) is 0 Å². The molecular weight excluding hydrogens is 364 g/mol. The van der Waals surface area contributed by atoms with E-state index in [1.165, 1.54) is 0 Å². The Labute approximate surface area is 169 Å². The van der Waals surface area contributed by atoms with Crippen molar-refractivity contribution in [3.63, 3.8) is 0 Å². The van der Waals surface area contributed by atoms with Crippen LogP contribution in [0.1, 0.15) is 89.9 Å². The molecule has 168 valence electrons. The van der Waals surface area contributed by atoms with Crippen molar-refractivity contribution in [2.45, 2.75) is 108 Å². The molecule has 0 amide bonds. The van der Waals surface area contributed by atoms with Crippen LogP contribution in [0.5, 0.6) is 0 Å². The van der Waals surface area contributed by atoms with E-state index >= 15 is 0 Å². The lowest BCUT2D eigenvalue weighted by Gasteiger charge is -2.17. The Morgan fingerprint density at radius 2 is 1.14 bits per heavy atom. The van der Waals surface area contributed by atoms with Crippen LogP contribution < -0.4 is 0 Å². The lowest BCUT2D eigenvalue weighted by molar-refractivity contribution is -0.147. The average Bonchev–Trinajstić information content (AvgIpc) is 2.70. The first-order valence-corrected chi connectivity index (χ1v) is 10.9. The molecule has 0 aromatic heterocycles. The Bertz CT molecular complexity index is 352. The number of carbonyl (C=O) groups is 1. The first-order chi connectivity index (χ1) is 13.5. The SMILES string of the molecule is O=C(CCCCCCCC(O)C(O)CCCCCCCCO)OCC(O)CO. The molecule has 0 aromatic rings. The molecule has 0 radical (unpaired) electrons. The average molecular weight is 407 g/mol. The quantitative estimate of drug-likeness (QED) is 0.155. The lowest BCUT2D eigenvalue weighted by atomic mass is 9.99. The third-order valence-corrected chi connectivity index (χ3v) is 4.88. The van der Waals surface area contributed by atoms with E-state index in [2.05, 4.69) is 0 Å². The molecule has 0 saturated heterocycles. The van der Waals surface area contributed by atoms with Gasteiger partial charge in [0.2, 0.25) is 0 Å². The topological polar surface area (TPSA) is 127 Å². The van der Waals surface area contributed by atoms with Gasteiger partial charge in [-0.25, -0.2) is 0 Å². The number of aliphatic hydroxyl groups is 5. The van der Waals surface area contributed by atoms with E-state index in [0.29, 0.717) is 19.3 Å². The lowest BCUT2D eigenvalue weighted by Crippen LogP contribution is -2.25. The molecule has 0 heterocycles. The molecule has 0 bridgehead atoms. The van der Waals surface area contributed by atoms with E-state index in [-0.39, 0.29) is 19.2 Å². The minimum atomic E-state index is -1.01. The summed E-state index contributed by atoms with van der Waals surface area (Å²) in [6.45, 7) is -0.327. The van der Waals surface area contributed by atoms with Crippen molar-refractivity contribution < 1.29 is 35.1 Å². The Balaban J connectivity index is 3.45. The number of unbranched alkanes of at least 4 members (excludes halogenated alkanes) is 9. The summed E-state index contributed by atoms with van der Waals surface area (Å²) >= 11 is 0. The summed E-state index contributed by atoms with van der Waals surface area (Å²) in [5.74, 6) is -0.362. The minimum absolute atomic E-state index is 0.167. The molecule has 28 heavy (non-hydrogen) atoms. The minimum Gasteiger partial charge on any atom is -0.463 e. The monoisotopic (exact) mass is 406 g/mol. The van der Waals surface area contributed by atoms with Crippen molar-refractivity contribution in [3.05, 3.63) is 0 Å². The first kappa shape index (κ1) is 27.3. The van der Waals surface area contributed by atoms with E-state index in [4.69, 9.17) is 20.1 Å². The molecule has 0 saturated carbocycles. The highest BCUT2D eigenvalue weighted by Gasteiger charge is 2.15. The fourth-order valence-corrected chi connectivity index (χ4v) is 3.02. The third kappa shape index (κ3) is 17.4. The summed E-state index contributed by atoms with van der Waals surface area (Å²) in [5, 5.41) is 46.4. The molecule has 0 spiro atoms. The van der Waals surface area contributed by atoms with Gasteiger partial charge in [-0.15, -0.1) is 0 Å². The van der Waals surface area contributed by atoms with Gasteiger partial charge in [0.15, 0.2) is 0 Å². The maximum absolute atomic E-state index is 11.4. The van der Waals surface area contributed by atoms with Crippen LogP contribution >= 0.6 is 0 Å². The second-order valence-electron chi connectivity index (χ2n) is 7.59. The second-order valence-corrected chi connectivity index (χ2v) is 7.59. The van der Waals surface area contributed by atoms with Crippen molar-refractivity contribution in [2.24, 2.45) is 0 Å². The van der Waals surface area contributed by atoms with Crippen molar-refractivity contribution in [2.75, 3.05) is 19.8 Å². The van der Waals surface area contributed by atoms with Gasteiger partial charge in [0.1, 0.15) is 12.7 Å². The van der Waals surface area contributed by atoms with Crippen LogP contribution in [-0.2, 0) is 9.53 Å². The van der Waals surface area contributed by atoms with Gasteiger partial charge in [-0.05, 0) is 25.7 Å². The van der Waals surface area contributed by atoms with Gasteiger partial charge in [0.25, 0.3) is 0 Å². The predicted molar refractivity (Wildman–Crippen MR) is 108 cm³/mol. The van der Waals surface area contributed by atoms with Gasteiger partial charge < -0.3 is 30.3 Å². The van der Waals surface area contributed by atoms with Crippen molar-refractivity contribution >= 4 is 5.97 Å². The van der Waals surface area contributed by atoms with Gasteiger partial charge in [-0.3, -0.25) is 4.79 Å². The van der Waals surface area contributed by atoms with Crippen molar-refractivity contribution in [1.82, 2.24) is 0 Å². The standard InChI is InChI=1S/C21H42O7/c22-15-11-7-2-1-4-8-12-19(25)20(26)13-9-5-3-6-10-14-21(27)28-17-18(24)16-23/h18-20,22-26H,1-17H2. The Morgan fingerprint density at radius 3 is 1.64 bits per heavy atom. The fourth-order valence-electron chi connectivity index (χ4n) is 3.02. The van der Waals surface area contributed by atoms with Crippen LogP contribution in [0.4, 0.5) is 0 Å². The predicted octanol–water partition coefficient (Wildman–Crippen LogP) is 2.06. The van der Waals surface area contributed by atoms with Gasteiger partial charge in [-0.2, -0.15) is 0 Å². The second kappa shape index (κ2) is 19.6. The summed E-state index contributed by atoms with van der Waals surface area (Å²) in [5.41, 5.74) is 0. The number of esters is 1. The molecule has 0 aliphatic heterocycles. The molecule has 3 atom stereocenters. The molecule has 0 aliphatic rings. The molecule has 0 rings (SSSR count). The Hall–Kier alpha value is -0.730. The van der Waals surface area contributed by atoms with Crippen LogP contribution in [0.3, 0.4) is 0 Å². The number of ether oxygens (including phenoxy) is 1. The Morgan fingerprint density at radius 1 is 0.679 bits per heavy atom. The van der Waals surface area contributed by atoms with E-state index < -0.39 is 24.9 Å². The summed E-state index contributed by atoms with van der Waals surface area (Å²) in [6, 6.07) is 0. The van der Waals surface area contributed by atoms with Crippen LogP contribution in [0, 0.1) is 0 Å². The molecule has 3 unspecified atom stereocenters. The number of aliphatic hydroxyl groups excluding tert-OH is 5. The van der Waals surface area contributed by atoms with Crippen molar-refractivity contribution in [3.8, 4) is 0 Å². The van der Waals surface area contributed by atoms with Crippen LogP contribution in [0.2, 0.25) is 0 Å². The third-order valence-electron chi connectivity index (χ3n) is 4.88. The highest BCUT2D eigenvalue weighted by molar-refractivity contribution is 5.69. The zero-order valence-corrected chi connectivity index (χ0v) is 17.3. The maximum atomic E-state index is 11.4. The smallest absolute Gasteiger partial charge is 0.305 e. The van der Waals surface area contributed by atoms with Crippen molar-refractivity contribution in [1.29, 1.82) is 0 Å². The fraction of sp³-hybridized carbons (Fsp3) is 0.952. The zero-order chi connectivity index (χ0) is 21.0.